The molecule has 1 aliphatic rings. The van der Waals surface area contributed by atoms with Crippen LogP contribution in [0.25, 0.3) is 163 Å². The van der Waals surface area contributed by atoms with E-state index in [9.17, 15) is 0 Å². The second-order valence-corrected chi connectivity index (χ2v) is 24.1. The number of pyridine rings is 2. The summed E-state index contributed by atoms with van der Waals surface area (Å²) in [4.78, 5) is 10.4. The minimum atomic E-state index is 0.00397. The average Bonchev–Trinajstić information content (AvgIpc) is 1.97. The summed E-state index contributed by atoms with van der Waals surface area (Å²) in [6.45, 7) is 0. The highest BCUT2D eigenvalue weighted by Crippen LogP contribution is 2.54. The first-order chi connectivity index (χ1) is 42.6. The topological polar surface area (TPSA) is 25.8 Å². The third kappa shape index (κ3) is 7.65. The lowest BCUT2D eigenvalue weighted by Gasteiger charge is -2.20. The fraction of sp³-hybridized carbons (Fsp3) is 0.0120. The molecule has 18 rings (SSSR count). The molecule has 0 amide bonds. The molecule has 0 N–H and O–H groups in total. The standard InChI is InChI=1S/C83H50N2S/c1-2-18-50(19-3-1)71-44-58(45-75-66-32-10-11-34-69(66)81(82(71)75)57-25-16-24-56(42-57)79-46-73-62-28-6-4-26-60(62)61-27-5-8-30-64(61)76(73)48-85-79)53-38-39-67-72(43-53)63-29-7-9-31-65(63)77-49-84-78(47-74(67)77)55-23-15-21-52(41-55)51-20-14-22-54(40-51)59-35-17-36-70-68-33-12-13-37-80(68)86-83(59)70/h1-49,81H. The molecule has 1 aliphatic carbocycles. The molecule has 17 aromatic rings. The van der Waals surface area contributed by atoms with Crippen molar-refractivity contribution in [3.8, 4) is 78.1 Å². The summed E-state index contributed by atoms with van der Waals surface area (Å²) in [5.41, 5.74) is 20.2. The van der Waals surface area contributed by atoms with Gasteiger partial charge in [0.15, 0.2) is 0 Å². The molecule has 14 aromatic carbocycles. The van der Waals surface area contributed by atoms with Crippen molar-refractivity contribution >= 4 is 96.1 Å². The van der Waals surface area contributed by atoms with Crippen molar-refractivity contribution in [2.24, 2.45) is 0 Å². The van der Waals surface area contributed by atoms with E-state index in [4.69, 9.17) is 9.97 Å². The SMILES string of the molecule is c1ccc(-c2cc(-c3ccc4c(c3)c3ccccc3c3cnc(-c5cccc(-c6cccc(-c7cccc8c7sc7ccccc78)c6)c5)cc43)cc3c2C(c2cccc(-c4cc5c6ccccc6c6ccccc6c5cn4)c2)c2ccccc2-3)cc1. The normalized spacial score (nSPS) is 13.0. The molecule has 1 atom stereocenters. The van der Waals surface area contributed by atoms with E-state index >= 15 is 0 Å². The average molecular weight is 1110 g/mol. The first kappa shape index (κ1) is 48.7. The number of benzene rings is 14. The zero-order valence-electron chi connectivity index (χ0n) is 46.7. The van der Waals surface area contributed by atoms with Crippen LogP contribution < -0.4 is 0 Å². The summed E-state index contributed by atoms with van der Waals surface area (Å²) < 4.78 is 2.64. The maximum Gasteiger partial charge on any atom is 0.0708 e. The lowest BCUT2D eigenvalue weighted by Crippen LogP contribution is -2.02. The molecule has 2 nitrogen and oxygen atoms in total. The van der Waals surface area contributed by atoms with Crippen molar-refractivity contribution in [2.45, 2.75) is 5.92 Å². The Labute approximate surface area is 501 Å². The van der Waals surface area contributed by atoms with Crippen molar-refractivity contribution in [2.75, 3.05) is 0 Å². The van der Waals surface area contributed by atoms with E-state index in [1.54, 1.807) is 0 Å². The quantitative estimate of drug-likeness (QED) is 0.149. The maximum atomic E-state index is 5.22. The van der Waals surface area contributed by atoms with Gasteiger partial charge in [-0.2, -0.15) is 0 Å². The van der Waals surface area contributed by atoms with E-state index < -0.39 is 0 Å². The molecule has 3 aromatic heterocycles. The molecule has 0 saturated heterocycles. The summed E-state index contributed by atoms with van der Waals surface area (Å²) in [6, 6.07) is 106. The lowest BCUT2D eigenvalue weighted by atomic mass is 9.82. The number of nitrogens with zero attached hydrogens (tertiary/aromatic N) is 2. The summed E-state index contributed by atoms with van der Waals surface area (Å²) in [5, 5.41) is 17.2. The van der Waals surface area contributed by atoms with Crippen LogP contribution in [0.1, 0.15) is 22.6 Å². The van der Waals surface area contributed by atoms with Crippen LogP contribution in [0.2, 0.25) is 0 Å². The second kappa shape index (κ2) is 19.4. The highest BCUT2D eigenvalue weighted by molar-refractivity contribution is 7.26. The number of rotatable bonds is 7. The molecule has 0 radical (unpaired) electrons. The number of thiophene rings is 1. The molecule has 0 aliphatic heterocycles. The van der Waals surface area contributed by atoms with Crippen molar-refractivity contribution in [3.05, 3.63) is 314 Å². The molecule has 3 heteroatoms. The summed E-state index contributed by atoms with van der Waals surface area (Å²) in [6.07, 6.45) is 4.18. The minimum absolute atomic E-state index is 0.00397. The van der Waals surface area contributed by atoms with E-state index in [1.165, 1.54) is 146 Å². The molecule has 0 spiro atoms. The zero-order chi connectivity index (χ0) is 56.4. The van der Waals surface area contributed by atoms with Crippen LogP contribution in [0, 0.1) is 0 Å². The molecule has 0 saturated carbocycles. The predicted octanol–water partition coefficient (Wildman–Crippen LogP) is 22.9. The Morgan fingerprint density at radius 2 is 0.709 bits per heavy atom. The van der Waals surface area contributed by atoms with Crippen molar-refractivity contribution in [1.82, 2.24) is 9.97 Å². The third-order valence-electron chi connectivity index (χ3n) is 18.4. The third-order valence-corrected chi connectivity index (χ3v) is 19.6. The Kier molecular flexibility index (Phi) is 11.0. The van der Waals surface area contributed by atoms with E-state index in [0.29, 0.717) is 0 Å². The second-order valence-electron chi connectivity index (χ2n) is 23.1. The van der Waals surface area contributed by atoms with E-state index in [1.807, 2.05) is 11.3 Å². The Bertz CT molecular complexity index is 5640. The van der Waals surface area contributed by atoms with Gasteiger partial charge in [-0.3, -0.25) is 9.97 Å². The van der Waals surface area contributed by atoms with Gasteiger partial charge in [0.25, 0.3) is 0 Å². The first-order valence-electron chi connectivity index (χ1n) is 29.6. The number of fused-ring (bicyclic) bond motifs is 18. The molecule has 0 bridgehead atoms. The number of aromatic nitrogens is 2. The molecule has 398 valence electrons. The van der Waals surface area contributed by atoms with E-state index in [2.05, 4.69) is 298 Å². The van der Waals surface area contributed by atoms with Gasteiger partial charge in [0, 0.05) is 60.4 Å². The smallest absolute Gasteiger partial charge is 0.0708 e. The van der Waals surface area contributed by atoms with Crippen LogP contribution in [0.4, 0.5) is 0 Å². The number of hydrogen-bond acceptors (Lipinski definition) is 3. The van der Waals surface area contributed by atoms with Crippen LogP contribution in [-0.4, -0.2) is 9.97 Å². The Morgan fingerprint density at radius 3 is 1.41 bits per heavy atom. The molecule has 0 fully saturated rings. The van der Waals surface area contributed by atoms with Crippen molar-refractivity contribution in [1.29, 1.82) is 0 Å². The Morgan fingerprint density at radius 1 is 0.244 bits per heavy atom. The minimum Gasteiger partial charge on any atom is -0.256 e. The molecular weight excluding hydrogens is 1060 g/mol. The molecular formula is C83H50N2S. The van der Waals surface area contributed by atoms with Gasteiger partial charge >= 0.3 is 0 Å². The molecule has 3 heterocycles. The largest absolute Gasteiger partial charge is 0.256 e. The highest BCUT2D eigenvalue weighted by atomic mass is 32.1. The van der Waals surface area contributed by atoms with E-state index in [0.717, 1.165) is 33.5 Å². The highest BCUT2D eigenvalue weighted by Gasteiger charge is 2.33. The fourth-order valence-electron chi connectivity index (χ4n) is 14.4. The van der Waals surface area contributed by atoms with Gasteiger partial charge in [0.2, 0.25) is 0 Å². The summed E-state index contributed by atoms with van der Waals surface area (Å²) in [7, 11) is 0. The Balaban J connectivity index is 0.747. The first-order valence-corrected chi connectivity index (χ1v) is 30.4. The monoisotopic (exact) mass is 1110 g/mol. The zero-order valence-corrected chi connectivity index (χ0v) is 47.5. The van der Waals surface area contributed by atoms with Gasteiger partial charge < -0.3 is 0 Å². The fourth-order valence-corrected chi connectivity index (χ4v) is 15.7. The summed E-state index contributed by atoms with van der Waals surface area (Å²) in [5.74, 6) is 0.00397. The van der Waals surface area contributed by atoms with Gasteiger partial charge in [-0.15, -0.1) is 11.3 Å². The van der Waals surface area contributed by atoms with Gasteiger partial charge in [-0.05, 0) is 181 Å². The van der Waals surface area contributed by atoms with Gasteiger partial charge in [-0.25, -0.2) is 0 Å². The lowest BCUT2D eigenvalue weighted by molar-refractivity contribution is 1.02. The van der Waals surface area contributed by atoms with Gasteiger partial charge in [-0.1, -0.05) is 231 Å². The molecule has 1 unspecified atom stereocenters. The summed E-state index contributed by atoms with van der Waals surface area (Å²) >= 11 is 1.88. The Hall–Kier alpha value is -10.8. The van der Waals surface area contributed by atoms with Crippen LogP contribution in [0.5, 0.6) is 0 Å². The van der Waals surface area contributed by atoms with Gasteiger partial charge in [0.05, 0.1) is 11.4 Å². The van der Waals surface area contributed by atoms with Crippen LogP contribution >= 0.6 is 11.3 Å². The van der Waals surface area contributed by atoms with Crippen LogP contribution in [-0.2, 0) is 0 Å². The van der Waals surface area contributed by atoms with Crippen molar-refractivity contribution < 1.29 is 0 Å². The number of hydrogen-bond donors (Lipinski definition) is 0. The maximum absolute atomic E-state index is 5.22. The van der Waals surface area contributed by atoms with E-state index in [-0.39, 0.29) is 5.92 Å². The molecule has 86 heavy (non-hydrogen) atoms. The van der Waals surface area contributed by atoms with Crippen LogP contribution in [0.3, 0.4) is 0 Å². The van der Waals surface area contributed by atoms with Crippen molar-refractivity contribution in [3.63, 3.8) is 0 Å². The predicted molar refractivity (Wildman–Crippen MR) is 365 cm³/mol. The van der Waals surface area contributed by atoms with Crippen LogP contribution in [0.15, 0.2) is 298 Å². The van der Waals surface area contributed by atoms with Gasteiger partial charge in [0.1, 0.15) is 0 Å².